The van der Waals surface area contributed by atoms with Crippen LogP contribution < -0.4 is 24.3 Å². The molecule has 0 unspecified atom stereocenters. The van der Waals surface area contributed by atoms with Crippen LogP contribution in [0.25, 0.3) is 6.08 Å². The Bertz CT molecular complexity index is 1290. The van der Waals surface area contributed by atoms with Gasteiger partial charge in [-0.05, 0) is 36.3 Å². The van der Waals surface area contributed by atoms with Gasteiger partial charge in [0.25, 0.3) is 0 Å². The molecule has 0 bridgehead atoms. The number of amides is 1. The van der Waals surface area contributed by atoms with Crippen molar-refractivity contribution in [3.8, 4) is 23.0 Å². The molecule has 9 heteroatoms. The summed E-state index contributed by atoms with van der Waals surface area (Å²) in [6.45, 7) is 1.48. The predicted octanol–water partition coefficient (Wildman–Crippen LogP) is 4.83. The first-order valence-electron chi connectivity index (χ1n) is 11.7. The molecule has 0 radical (unpaired) electrons. The number of carbonyl (C=O) groups excluding carboxylic acids is 3. The second-order valence-corrected chi connectivity index (χ2v) is 8.02. The van der Waals surface area contributed by atoms with Gasteiger partial charge in [-0.15, -0.1) is 0 Å². The fourth-order valence-electron chi connectivity index (χ4n) is 3.34. The third-order valence-electron chi connectivity index (χ3n) is 5.40. The van der Waals surface area contributed by atoms with E-state index < -0.39 is 23.9 Å². The molecule has 0 fully saturated rings. The molecule has 198 valence electrons. The first-order chi connectivity index (χ1) is 18.3. The van der Waals surface area contributed by atoms with Crippen molar-refractivity contribution in [2.24, 2.45) is 0 Å². The lowest BCUT2D eigenvalue weighted by molar-refractivity contribution is -0.136. The molecule has 9 nitrogen and oxygen atoms in total. The van der Waals surface area contributed by atoms with E-state index in [1.165, 1.54) is 39.4 Å². The van der Waals surface area contributed by atoms with Crippen LogP contribution in [0.1, 0.15) is 28.4 Å². The van der Waals surface area contributed by atoms with Gasteiger partial charge in [0.2, 0.25) is 0 Å². The van der Waals surface area contributed by atoms with Crippen molar-refractivity contribution in [2.75, 3.05) is 21.3 Å². The number of methoxy groups -OCH3 is 3. The van der Waals surface area contributed by atoms with Crippen molar-refractivity contribution in [3.05, 3.63) is 89.5 Å². The molecule has 3 aromatic rings. The van der Waals surface area contributed by atoms with E-state index in [0.29, 0.717) is 11.5 Å². The van der Waals surface area contributed by atoms with Crippen molar-refractivity contribution in [3.63, 3.8) is 0 Å². The first kappa shape index (κ1) is 27.8. The summed E-state index contributed by atoms with van der Waals surface area (Å²) in [6, 6.07) is 18.1. The number of allylic oxidation sites excluding steroid dienone is 1. The number of benzene rings is 3. The monoisotopic (exact) mass is 519 g/mol. The molecule has 0 aliphatic carbocycles. The number of alkyl carbamates (subject to hydrolysis) is 1. The van der Waals surface area contributed by atoms with E-state index in [-0.39, 0.29) is 23.7 Å². The second kappa shape index (κ2) is 13.5. The van der Waals surface area contributed by atoms with Gasteiger partial charge in [-0.3, -0.25) is 4.79 Å². The highest BCUT2D eigenvalue weighted by Crippen LogP contribution is 2.35. The normalized spacial score (nSPS) is 11.4. The van der Waals surface area contributed by atoms with Crippen LogP contribution in [0.5, 0.6) is 23.0 Å². The number of ketones is 1. The molecule has 0 aliphatic rings. The van der Waals surface area contributed by atoms with Crippen molar-refractivity contribution in [1.82, 2.24) is 5.32 Å². The quantitative estimate of drug-likeness (QED) is 0.166. The lowest BCUT2D eigenvalue weighted by Crippen LogP contribution is -2.41. The minimum absolute atomic E-state index is 0.0188. The van der Waals surface area contributed by atoms with Gasteiger partial charge in [-0.1, -0.05) is 48.5 Å². The zero-order valence-electron chi connectivity index (χ0n) is 21.6. The zero-order valence-corrected chi connectivity index (χ0v) is 21.6. The highest BCUT2D eigenvalue weighted by atomic mass is 16.6. The SMILES string of the molecule is COc1ccc(/C=C/C(=O)c2c(OC)cc(OC)cc2OC(=O)[C@H](C)NC(=O)OCc2ccccc2)cc1. The van der Waals surface area contributed by atoms with Crippen LogP contribution in [0.4, 0.5) is 4.79 Å². The zero-order chi connectivity index (χ0) is 27.5. The summed E-state index contributed by atoms with van der Waals surface area (Å²) >= 11 is 0. The lowest BCUT2D eigenvalue weighted by Gasteiger charge is -2.17. The maximum atomic E-state index is 13.2. The Hall–Kier alpha value is -4.79. The number of esters is 1. The molecular weight excluding hydrogens is 490 g/mol. The van der Waals surface area contributed by atoms with E-state index in [1.807, 2.05) is 30.3 Å². The van der Waals surface area contributed by atoms with E-state index >= 15 is 0 Å². The van der Waals surface area contributed by atoms with E-state index in [1.54, 1.807) is 37.5 Å². The molecule has 0 saturated heterocycles. The van der Waals surface area contributed by atoms with E-state index in [2.05, 4.69) is 5.32 Å². The van der Waals surface area contributed by atoms with Gasteiger partial charge in [0.1, 0.15) is 41.2 Å². The molecule has 3 rings (SSSR count). The average molecular weight is 520 g/mol. The molecule has 0 saturated carbocycles. The van der Waals surface area contributed by atoms with Crippen LogP contribution in [0.2, 0.25) is 0 Å². The number of nitrogens with one attached hydrogen (secondary N) is 1. The molecule has 0 aliphatic heterocycles. The van der Waals surface area contributed by atoms with Gasteiger partial charge in [0.05, 0.1) is 21.3 Å². The molecule has 0 aromatic heterocycles. The maximum absolute atomic E-state index is 13.2. The highest BCUT2D eigenvalue weighted by molar-refractivity contribution is 6.11. The van der Waals surface area contributed by atoms with Crippen LogP contribution in [0.3, 0.4) is 0 Å². The Morgan fingerprint density at radius 2 is 1.50 bits per heavy atom. The smallest absolute Gasteiger partial charge is 0.408 e. The third-order valence-corrected chi connectivity index (χ3v) is 5.40. The summed E-state index contributed by atoms with van der Waals surface area (Å²) in [4.78, 5) is 38.2. The van der Waals surface area contributed by atoms with Crippen molar-refractivity contribution >= 4 is 23.9 Å². The van der Waals surface area contributed by atoms with Gasteiger partial charge < -0.3 is 29.0 Å². The fourth-order valence-corrected chi connectivity index (χ4v) is 3.34. The van der Waals surface area contributed by atoms with Crippen LogP contribution in [0.15, 0.2) is 72.8 Å². The predicted molar refractivity (Wildman–Crippen MR) is 141 cm³/mol. The number of hydrogen-bond donors (Lipinski definition) is 1. The summed E-state index contributed by atoms with van der Waals surface area (Å²) in [6.07, 6.45) is 2.16. The lowest BCUT2D eigenvalue weighted by atomic mass is 10.1. The molecule has 3 aromatic carbocycles. The molecule has 0 spiro atoms. The summed E-state index contributed by atoms with van der Waals surface area (Å²) in [5, 5.41) is 2.42. The Kier molecular flexibility index (Phi) is 9.87. The number of ether oxygens (including phenoxy) is 5. The van der Waals surface area contributed by atoms with Crippen LogP contribution in [0, 0.1) is 0 Å². The first-order valence-corrected chi connectivity index (χ1v) is 11.7. The number of rotatable bonds is 11. The average Bonchev–Trinajstić information content (AvgIpc) is 2.95. The molecule has 1 atom stereocenters. The van der Waals surface area contributed by atoms with Crippen molar-refractivity contribution in [1.29, 1.82) is 0 Å². The minimum atomic E-state index is -1.08. The molecule has 1 N–H and O–H groups in total. The Balaban J connectivity index is 1.75. The van der Waals surface area contributed by atoms with Crippen LogP contribution in [-0.2, 0) is 16.1 Å². The van der Waals surface area contributed by atoms with E-state index in [9.17, 15) is 14.4 Å². The third kappa shape index (κ3) is 7.60. The number of hydrogen-bond acceptors (Lipinski definition) is 8. The standard InChI is InChI=1S/C29H29NO8/c1-19(30-29(33)37-18-21-8-6-5-7-9-21)28(32)38-26-17-23(35-3)16-25(36-4)27(26)24(31)15-12-20-10-13-22(34-2)14-11-20/h5-17,19H,18H2,1-4H3,(H,30,33)/b15-12+/t19-/m0/s1. The topological polar surface area (TPSA) is 109 Å². The summed E-state index contributed by atoms with van der Waals surface area (Å²) in [7, 11) is 4.38. The largest absolute Gasteiger partial charge is 0.497 e. The maximum Gasteiger partial charge on any atom is 0.408 e. The molecule has 1 amide bonds. The summed E-state index contributed by atoms with van der Waals surface area (Å²) in [5.41, 5.74) is 1.58. The van der Waals surface area contributed by atoms with Gasteiger partial charge in [0.15, 0.2) is 5.78 Å². The van der Waals surface area contributed by atoms with Gasteiger partial charge >= 0.3 is 12.1 Å². The Morgan fingerprint density at radius 3 is 2.13 bits per heavy atom. The second-order valence-electron chi connectivity index (χ2n) is 8.02. The van der Waals surface area contributed by atoms with E-state index in [0.717, 1.165) is 11.1 Å². The van der Waals surface area contributed by atoms with E-state index in [4.69, 9.17) is 23.7 Å². The van der Waals surface area contributed by atoms with Gasteiger partial charge in [0, 0.05) is 12.1 Å². The number of carbonyl (C=O) groups is 3. The highest BCUT2D eigenvalue weighted by Gasteiger charge is 2.24. The van der Waals surface area contributed by atoms with Crippen molar-refractivity contribution in [2.45, 2.75) is 19.6 Å². The van der Waals surface area contributed by atoms with Crippen LogP contribution >= 0.6 is 0 Å². The fraction of sp³-hybridized carbons (Fsp3) is 0.207. The van der Waals surface area contributed by atoms with Crippen LogP contribution in [-0.4, -0.2) is 45.2 Å². The molecular formula is C29H29NO8. The molecule has 0 heterocycles. The summed E-state index contributed by atoms with van der Waals surface area (Å²) < 4.78 is 26.5. The summed E-state index contributed by atoms with van der Waals surface area (Å²) in [5.74, 6) is -0.216. The van der Waals surface area contributed by atoms with Gasteiger partial charge in [-0.25, -0.2) is 9.59 Å². The minimum Gasteiger partial charge on any atom is -0.497 e. The molecule has 38 heavy (non-hydrogen) atoms. The van der Waals surface area contributed by atoms with Gasteiger partial charge in [-0.2, -0.15) is 0 Å². The Morgan fingerprint density at radius 1 is 0.842 bits per heavy atom. The van der Waals surface area contributed by atoms with Crippen molar-refractivity contribution < 1.29 is 38.1 Å². The Labute approximate surface area is 220 Å².